The third-order valence-corrected chi connectivity index (χ3v) is 3.15. The van der Waals surface area contributed by atoms with Crippen molar-refractivity contribution >= 4 is 23.4 Å². The van der Waals surface area contributed by atoms with Crippen LogP contribution in [0, 0.1) is 5.95 Å². The van der Waals surface area contributed by atoms with Gasteiger partial charge in [0.05, 0.1) is 11.3 Å². The van der Waals surface area contributed by atoms with Gasteiger partial charge in [0.1, 0.15) is 0 Å². The molecule has 0 spiro atoms. The second-order valence-corrected chi connectivity index (χ2v) is 4.34. The maximum atomic E-state index is 13.3. The molecule has 2 aromatic rings. The summed E-state index contributed by atoms with van der Waals surface area (Å²) in [5.41, 5.74) is 0.603. The summed E-state index contributed by atoms with van der Waals surface area (Å²) in [4.78, 5) is 16.3. The van der Waals surface area contributed by atoms with Crippen molar-refractivity contribution in [2.45, 2.75) is 4.90 Å². The van der Waals surface area contributed by atoms with E-state index >= 15 is 0 Å². The third-order valence-electron chi connectivity index (χ3n) is 2.36. The van der Waals surface area contributed by atoms with E-state index in [0.717, 1.165) is 4.90 Å². The summed E-state index contributed by atoms with van der Waals surface area (Å²) >= 11 is 1.51. The van der Waals surface area contributed by atoms with Gasteiger partial charge in [-0.3, -0.25) is 4.79 Å². The molecule has 0 unspecified atom stereocenters. The Hall–Kier alpha value is -1.88. The Balaban J connectivity index is 2.24. The smallest absolute Gasteiger partial charge is 0.260 e. The highest BCUT2D eigenvalue weighted by Gasteiger charge is 2.13. The van der Waals surface area contributed by atoms with Crippen LogP contribution in [0.25, 0.3) is 0 Å². The Morgan fingerprint density at radius 3 is 2.78 bits per heavy atom. The van der Waals surface area contributed by atoms with E-state index in [1.54, 1.807) is 6.07 Å². The normalized spacial score (nSPS) is 10.1. The molecule has 3 nitrogen and oxygen atoms in total. The minimum atomic E-state index is -0.767. The number of para-hydroxylation sites is 1. The summed E-state index contributed by atoms with van der Waals surface area (Å²) in [6.45, 7) is 0. The van der Waals surface area contributed by atoms with E-state index in [1.807, 2.05) is 24.5 Å². The second kappa shape index (κ2) is 5.64. The fraction of sp³-hybridized carbons (Fsp3) is 0.0769. The molecule has 0 aliphatic carbocycles. The van der Waals surface area contributed by atoms with Crippen molar-refractivity contribution in [2.75, 3.05) is 11.6 Å². The van der Waals surface area contributed by atoms with Crippen molar-refractivity contribution in [3.05, 3.63) is 54.1 Å². The number of halogens is 1. The number of carbonyl (C=O) groups is 1. The van der Waals surface area contributed by atoms with E-state index in [0.29, 0.717) is 5.69 Å². The van der Waals surface area contributed by atoms with Gasteiger partial charge in [0, 0.05) is 11.1 Å². The van der Waals surface area contributed by atoms with Crippen LogP contribution in [0.3, 0.4) is 0 Å². The van der Waals surface area contributed by atoms with Crippen LogP contribution >= 0.6 is 11.8 Å². The first-order valence-electron chi connectivity index (χ1n) is 5.27. The number of aromatic nitrogens is 1. The van der Waals surface area contributed by atoms with Crippen LogP contribution in [-0.4, -0.2) is 17.1 Å². The Morgan fingerprint density at radius 2 is 2.06 bits per heavy atom. The summed E-state index contributed by atoms with van der Waals surface area (Å²) in [5.74, 6) is -1.27. The topological polar surface area (TPSA) is 42.0 Å². The standard InChI is InChI=1S/C13H11FN2OS/c1-18-11-7-3-2-6-10(11)16-13(17)9-5-4-8-15-12(9)14/h2-8H,1H3,(H,16,17). The lowest BCUT2D eigenvalue weighted by molar-refractivity contribution is 0.102. The molecule has 92 valence electrons. The van der Waals surface area contributed by atoms with Crippen LogP contribution in [-0.2, 0) is 0 Å². The fourth-order valence-corrected chi connectivity index (χ4v) is 2.05. The molecule has 0 bridgehead atoms. The van der Waals surface area contributed by atoms with Gasteiger partial charge in [0.15, 0.2) is 0 Å². The van der Waals surface area contributed by atoms with Crippen LogP contribution in [0.1, 0.15) is 10.4 Å². The number of pyridine rings is 1. The molecule has 1 aromatic carbocycles. The van der Waals surface area contributed by atoms with Crippen LogP contribution in [0.5, 0.6) is 0 Å². The lowest BCUT2D eigenvalue weighted by Crippen LogP contribution is -2.14. The lowest BCUT2D eigenvalue weighted by atomic mass is 10.2. The third kappa shape index (κ3) is 2.68. The van der Waals surface area contributed by atoms with E-state index < -0.39 is 11.9 Å². The Morgan fingerprint density at radius 1 is 1.28 bits per heavy atom. The lowest BCUT2D eigenvalue weighted by Gasteiger charge is -2.09. The van der Waals surface area contributed by atoms with Crippen molar-refractivity contribution in [2.24, 2.45) is 0 Å². The molecule has 1 N–H and O–H groups in total. The Labute approximate surface area is 108 Å². The number of hydrogen-bond donors (Lipinski definition) is 1. The first-order valence-corrected chi connectivity index (χ1v) is 6.49. The summed E-state index contributed by atoms with van der Waals surface area (Å²) in [5, 5.41) is 2.68. The molecular formula is C13H11FN2OS. The quantitative estimate of drug-likeness (QED) is 0.682. The van der Waals surface area contributed by atoms with E-state index in [2.05, 4.69) is 10.3 Å². The van der Waals surface area contributed by atoms with Crippen LogP contribution < -0.4 is 5.32 Å². The number of thioether (sulfide) groups is 1. The van der Waals surface area contributed by atoms with Gasteiger partial charge >= 0.3 is 0 Å². The van der Waals surface area contributed by atoms with Gasteiger partial charge in [-0.05, 0) is 30.5 Å². The first-order chi connectivity index (χ1) is 8.72. The zero-order valence-corrected chi connectivity index (χ0v) is 10.5. The summed E-state index contributed by atoms with van der Waals surface area (Å²) < 4.78 is 13.3. The maximum absolute atomic E-state index is 13.3. The van der Waals surface area contributed by atoms with Gasteiger partial charge in [-0.1, -0.05) is 12.1 Å². The van der Waals surface area contributed by atoms with E-state index in [1.165, 1.54) is 30.1 Å². The number of nitrogens with one attached hydrogen (secondary N) is 1. The molecule has 0 radical (unpaired) electrons. The van der Waals surface area contributed by atoms with Crippen molar-refractivity contribution in [1.82, 2.24) is 4.98 Å². The molecule has 0 saturated heterocycles. The molecular weight excluding hydrogens is 251 g/mol. The Kier molecular flexibility index (Phi) is 3.94. The molecule has 0 aliphatic rings. The maximum Gasteiger partial charge on any atom is 0.260 e. The van der Waals surface area contributed by atoms with Crippen LogP contribution in [0.15, 0.2) is 47.5 Å². The fourth-order valence-electron chi connectivity index (χ4n) is 1.49. The zero-order valence-electron chi connectivity index (χ0n) is 9.68. The van der Waals surface area contributed by atoms with E-state index in [-0.39, 0.29) is 5.56 Å². The van der Waals surface area contributed by atoms with Crippen molar-refractivity contribution < 1.29 is 9.18 Å². The van der Waals surface area contributed by atoms with Gasteiger partial charge < -0.3 is 5.32 Å². The average Bonchev–Trinajstić information content (AvgIpc) is 2.39. The number of benzene rings is 1. The monoisotopic (exact) mass is 262 g/mol. The van der Waals surface area contributed by atoms with Gasteiger partial charge in [-0.2, -0.15) is 4.39 Å². The van der Waals surface area contributed by atoms with Gasteiger partial charge in [0.25, 0.3) is 5.91 Å². The molecule has 18 heavy (non-hydrogen) atoms. The SMILES string of the molecule is CSc1ccccc1NC(=O)c1cccnc1F. The van der Waals surface area contributed by atoms with E-state index in [9.17, 15) is 9.18 Å². The highest BCUT2D eigenvalue weighted by molar-refractivity contribution is 7.98. The molecule has 0 aliphatic heterocycles. The number of anilines is 1. The first kappa shape index (κ1) is 12.6. The van der Waals surface area contributed by atoms with Crippen LogP contribution in [0.2, 0.25) is 0 Å². The minimum Gasteiger partial charge on any atom is -0.321 e. The van der Waals surface area contributed by atoms with Crippen molar-refractivity contribution in [3.63, 3.8) is 0 Å². The molecule has 1 heterocycles. The largest absolute Gasteiger partial charge is 0.321 e. The van der Waals surface area contributed by atoms with Crippen molar-refractivity contribution in [3.8, 4) is 0 Å². The minimum absolute atomic E-state index is 0.0617. The van der Waals surface area contributed by atoms with E-state index in [4.69, 9.17) is 0 Å². The summed E-state index contributed by atoms with van der Waals surface area (Å²) in [6, 6.07) is 10.3. The molecule has 2 rings (SSSR count). The number of rotatable bonds is 3. The zero-order chi connectivity index (χ0) is 13.0. The number of hydrogen-bond acceptors (Lipinski definition) is 3. The molecule has 5 heteroatoms. The average molecular weight is 262 g/mol. The van der Waals surface area contributed by atoms with Gasteiger partial charge in [-0.25, -0.2) is 4.98 Å². The second-order valence-electron chi connectivity index (χ2n) is 3.50. The molecule has 0 saturated carbocycles. The summed E-state index contributed by atoms with van der Waals surface area (Å²) in [7, 11) is 0. The summed E-state index contributed by atoms with van der Waals surface area (Å²) in [6.07, 6.45) is 3.22. The number of carbonyl (C=O) groups excluding carboxylic acids is 1. The molecule has 1 amide bonds. The molecule has 0 atom stereocenters. The van der Waals surface area contributed by atoms with Crippen molar-refractivity contribution in [1.29, 1.82) is 0 Å². The van der Waals surface area contributed by atoms with Gasteiger partial charge in [-0.15, -0.1) is 11.8 Å². The highest BCUT2D eigenvalue weighted by atomic mass is 32.2. The highest BCUT2D eigenvalue weighted by Crippen LogP contribution is 2.25. The predicted octanol–water partition coefficient (Wildman–Crippen LogP) is 3.19. The predicted molar refractivity (Wildman–Crippen MR) is 70.4 cm³/mol. The number of nitrogens with zero attached hydrogens (tertiary/aromatic N) is 1. The Bertz CT molecular complexity index is 574. The van der Waals surface area contributed by atoms with Crippen LogP contribution in [0.4, 0.5) is 10.1 Å². The molecule has 0 fully saturated rings. The van der Waals surface area contributed by atoms with Gasteiger partial charge in [0.2, 0.25) is 5.95 Å². The number of amides is 1. The molecule has 1 aromatic heterocycles.